The number of amides is 3. The number of likely N-dealkylation sites (tertiary alicyclic amines) is 1. The van der Waals surface area contributed by atoms with Crippen molar-refractivity contribution in [2.75, 3.05) is 20.2 Å². The molecule has 0 radical (unpaired) electrons. The zero-order chi connectivity index (χ0) is 20.4. The molecule has 0 N–H and O–H groups in total. The molecule has 1 saturated heterocycles. The first-order chi connectivity index (χ1) is 13.3. The van der Waals surface area contributed by atoms with Gasteiger partial charge in [0.15, 0.2) is 0 Å². The van der Waals surface area contributed by atoms with Gasteiger partial charge in [0.25, 0.3) is 11.8 Å². The summed E-state index contributed by atoms with van der Waals surface area (Å²) in [6, 6.07) is 5.83. The van der Waals surface area contributed by atoms with E-state index in [1.165, 1.54) is 7.11 Å². The Labute approximate surface area is 164 Å². The topological polar surface area (TPSA) is 84.0 Å². The van der Waals surface area contributed by atoms with Crippen molar-refractivity contribution in [2.45, 2.75) is 39.2 Å². The van der Waals surface area contributed by atoms with Gasteiger partial charge in [0.1, 0.15) is 6.04 Å². The molecular weight excluding hydrogens is 360 g/mol. The Hall–Kier alpha value is -2.70. The van der Waals surface area contributed by atoms with Crippen molar-refractivity contribution >= 4 is 23.7 Å². The van der Waals surface area contributed by atoms with Crippen LogP contribution in [0.25, 0.3) is 0 Å². The van der Waals surface area contributed by atoms with Crippen LogP contribution in [-0.2, 0) is 14.3 Å². The van der Waals surface area contributed by atoms with Crippen LogP contribution in [0.15, 0.2) is 24.3 Å². The molecule has 1 aromatic rings. The average Bonchev–Trinajstić information content (AvgIpc) is 2.96. The maximum absolute atomic E-state index is 13.3. The Bertz CT molecular complexity index is 761. The Morgan fingerprint density at radius 2 is 1.61 bits per heavy atom. The van der Waals surface area contributed by atoms with Gasteiger partial charge in [-0.2, -0.15) is 0 Å². The highest BCUT2D eigenvalue weighted by molar-refractivity contribution is 6.22. The third kappa shape index (κ3) is 3.66. The summed E-state index contributed by atoms with van der Waals surface area (Å²) in [6.45, 7) is 4.75. The van der Waals surface area contributed by atoms with Gasteiger partial charge in [-0.1, -0.05) is 26.0 Å². The number of ether oxygens (including phenoxy) is 1. The molecule has 0 bridgehead atoms. The van der Waals surface area contributed by atoms with Gasteiger partial charge >= 0.3 is 5.97 Å². The third-order valence-corrected chi connectivity index (χ3v) is 5.46. The Morgan fingerprint density at radius 3 is 2.07 bits per heavy atom. The summed E-state index contributed by atoms with van der Waals surface area (Å²) in [7, 11) is 1.36. The molecule has 2 heterocycles. The van der Waals surface area contributed by atoms with Gasteiger partial charge in [0.05, 0.1) is 24.2 Å². The normalized spacial score (nSPS) is 18.4. The lowest BCUT2D eigenvalue weighted by molar-refractivity contribution is -0.149. The van der Waals surface area contributed by atoms with E-state index < -0.39 is 17.9 Å². The first kappa shape index (κ1) is 20.0. The molecule has 7 nitrogen and oxygen atoms in total. The highest BCUT2D eigenvalue weighted by Crippen LogP contribution is 2.29. The predicted octanol–water partition coefficient (Wildman–Crippen LogP) is 2.11. The molecule has 0 aromatic heterocycles. The summed E-state index contributed by atoms with van der Waals surface area (Å²) in [4.78, 5) is 53.5. The highest BCUT2D eigenvalue weighted by atomic mass is 16.5. The van der Waals surface area contributed by atoms with E-state index in [1.54, 1.807) is 29.2 Å². The zero-order valence-electron chi connectivity index (χ0n) is 16.5. The second-order valence-corrected chi connectivity index (χ2v) is 7.79. The highest BCUT2D eigenvalue weighted by Gasteiger charge is 2.44. The maximum atomic E-state index is 13.3. The third-order valence-electron chi connectivity index (χ3n) is 5.46. The molecule has 2 aliphatic rings. The summed E-state index contributed by atoms with van der Waals surface area (Å²) in [5, 5.41) is 0. The fourth-order valence-electron chi connectivity index (χ4n) is 3.97. The lowest BCUT2D eigenvalue weighted by Crippen LogP contribution is -2.53. The molecule has 1 aromatic carbocycles. The summed E-state index contributed by atoms with van der Waals surface area (Å²) >= 11 is 0. The first-order valence-electron chi connectivity index (χ1n) is 9.68. The van der Waals surface area contributed by atoms with Gasteiger partial charge in [-0.25, -0.2) is 0 Å². The smallest absolute Gasteiger partial charge is 0.308 e. The quantitative estimate of drug-likeness (QED) is 0.572. The number of rotatable bonds is 5. The van der Waals surface area contributed by atoms with Crippen LogP contribution in [0.4, 0.5) is 0 Å². The standard InChI is InChI=1S/C21H26N2O5/c1-13(2)12-17(20(26)22-10-8-14(9-11-22)21(27)28-3)23-18(24)15-6-4-5-7-16(15)19(23)25/h4-7,13-14,17H,8-12H2,1-3H3. The number of imide groups is 1. The second kappa shape index (κ2) is 8.12. The van der Waals surface area contributed by atoms with E-state index in [0.29, 0.717) is 43.5 Å². The van der Waals surface area contributed by atoms with Crippen molar-refractivity contribution < 1.29 is 23.9 Å². The number of carbonyl (C=O) groups is 4. The molecule has 0 saturated carbocycles. The number of hydrogen-bond donors (Lipinski definition) is 0. The van der Waals surface area contributed by atoms with Crippen LogP contribution < -0.4 is 0 Å². The van der Waals surface area contributed by atoms with E-state index in [4.69, 9.17) is 4.74 Å². The number of esters is 1. The lowest BCUT2D eigenvalue weighted by Gasteiger charge is -2.36. The van der Waals surface area contributed by atoms with Gasteiger partial charge in [0, 0.05) is 13.1 Å². The van der Waals surface area contributed by atoms with E-state index in [9.17, 15) is 19.2 Å². The Morgan fingerprint density at radius 1 is 1.07 bits per heavy atom. The maximum Gasteiger partial charge on any atom is 0.308 e. The molecule has 2 aliphatic heterocycles. The summed E-state index contributed by atoms with van der Waals surface area (Å²) < 4.78 is 4.79. The summed E-state index contributed by atoms with van der Waals surface area (Å²) in [5.41, 5.74) is 0.692. The van der Waals surface area contributed by atoms with Crippen LogP contribution in [-0.4, -0.2) is 59.7 Å². The minimum atomic E-state index is -0.831. The van der Waals surface area contributed by atoms with Crippen LogP contribution in [0.5, 0.6) is 0 Å². The summed E-state index contributed by atoms with van der Waals surface area (Å²) in [6.07, 6.45) is 1.45. The van der Waals surface area contributed by atoms with Crippen LogP contribution in [0.2, 0.25) is 0 Å². The molecule has 3 rings (SSSR count). The lowest BCUT2D eigenvalue weighted by atomic mass is 9.95. The number of benzene rings is 1. The van der Waals surface area contributed by atoms with E-state index >= 15 is 0 Å². The fourth-order valence-corrected chi connectivity index (χ4v) is 3.97. The Kier molecular flexibility index (Phi) is 5.82. The van der Waals surface area contributed by atoms with E-state index in [-0.39, 0.29) is 23.7 Å². The van der Waals surface area contributed by atoms with Crippen molar-refractivity contribution in [2.24, 2.45) is 11.8 Å². The fraction of sp³-hybridized carbons (Fsp3) is 0.524. The van der Waals surface area contributed by atoms with Gasteiger partial charge < -0.3 is 9.64 Å². The molecule has 1 unspecified atom stereocenters. The van der Waals surface area contributed by atoms with Crippen LogP contribution in [0.3, 0.4) is 0 Å². The summed E-state index contributed by atoms with van der Waals surface area (Å²) in [5.74, 6) is -1.39. The molecule has 150 valence electrons. The molecule has 0 aliphatic carbocycles. The molecule has 0 spiro atoms. The number of hydrogen-bond acceptors (Lipinski definition) is 5. The second-order valence-electron chi connectivity index (χ2n) is 7.79. The minimum Gasteiger partial charge on any atom is -0.469 e. The van der Waals surface area contributed by atoms with Gasteiger partial charge in [0.2, 0.25) is 5.91 Å². The van der Waals surface area contributed by atoms with Gasteiger partial charge in [-0.05, 0) is 37.3 Å². The average molecular weight is 386 g/mol. The Balaban J connectivity index is 1.80. The number of nitrogens with zero attached hydrogens (tertiary/aromatic N) is 2. The molecular formula is C21H26N2O5. The molecule has 1 atom stereocenters. The molecule has 3 amide bonds. The van der Waals surface area contributed by atoms with Crippen molar-refractivity contribution in [3.8, 4) is 0 Å². The van der Waals surface area contributed by atoms with E-state index in [2.05, 4.69) is 0 Å². The predicted molar refractivity (Wildman–Crippen MR) is 102 cm³/mol. The van der Waals surface area contributed by atoms with Crippen molar-refractivity contribution in [1.29, 1.82) is 0 Å². The molecule has 1 fully saturated rings. The van der Waals surface area contributed by atoms with E-state index in [0.717, 1.165) is 4.90 Å². The van der Waals surface area contributed by atoms with Crippen molar-refractivity contribution in [1.82, 2.24) is 9.80 Å². The van der Waals surface area contributed by atoms with Gasteiger partial charge in [-0.3, -0.25) is 24.1 Å². The van der Waals surface area contributed by atoms with Crippen LogP contribution in [0.1, 0.15) is 53.8 Å². The van der Waals surface area contributed by atoms with Crippen molar-refractivity contribution in [3.63, 3.8) is 0 Å². The van der Waals surface area contributed by atoms with Gasteiger partial charge in [-0.15, -0.1) is 0 Å². The number of piperidine rings is 1. The van der Waals surface area contributed by atoms with Crippen LogP contribution in [0, 0.1) is 11.8 Å². The van der Waals surface area contributed by atoms with Crippen LogP contribution >= 0.6 is 0 Å². The van der Waals surface area contributed by atoms with E-state index in [1.807, 2.05) is 13.8 Å². The zero-order valence-corrected chi connectivity index (χ0v) is 16.5. The molecule has 7 heteroatoms. The molecule has 28 heavy (non-hydrogen) atoms. The number of methoxy groups -OCH3 is 1. The minimum absolute atomic E-state index is 0.130. The SMILES string of the molecule is COC(=O)C1CCN(C(=O)C(CC(C)C)N2C(=O)c3ccccc3C2=O)CC1. The van der Waals surface area contributed by atoms with Crippen molar-refractivity contribution in [3.05, 3.63) is 35.4 Å². The monoisotopic (exact) mass is 386 g/mol. The number of fused-ring (bicyclic) bond motifs is 1. The number of carbonyl (C=O) groups excluding carboxylic acids is 4. The largest absolute Gasteiger partial charge is 0.469 e. The first-order valence-corrected chi connectivity index (χ1v) is 9.68.